The minimum atomic E-state index is -0.0479. The van der Waals surface area contributed by atoms with Crippen molar-refractivity contribution < 1.29 is 0 Å². The van der Waals surface area contributed by atoms with Gasteiger partial charge >= 0.3 is 0 Å². The van der Waals surface area contributed by atoms with Crippen molar-refractivity contribution in [3.63, 3.8) is 0 Å². The molecule has 1 unspecified atom stereocenters. The molecular formula is C19H20N8. The summed E-state index contributed by atoms with van der Waals surface area (Å²) in [6.45, 7) is 0.667. The van der Waals surface area contributed by atoms with Crippen molar-refractivity contribution in [1.29, 1.82) is 5.26 Å². The van der Waals surface area contributed by atoms with Crippen LogP contribution < -0.4 is 22.1 Å². The predicted molar refractivity (Wildman–Crippen MR) is 105 cm³/mol. The molecule has 0 aliphatic rings. The topological polar surface area (TPSA) is 139 Å². The van der Waals surface area contributed by atoms with E-state index < -0.39 is 0 Å². The Morgan fingerprint density at radius 1 is 1.04 bits per heavy atom. The molecular weight excluding hydrogens is 340 g/mol. The second kappa shape index (κ2) is 8.60. The highest BCUT2D eigenvalue weighted by atomic mass is 15.1. The van der Waals surface area contributed by atoms with E-state index in [1.54, 1.807) is 12.3 Å². The van der Waals surface area contributed by atoms with Crippen LogP contribution in [-0.2, 0) is 0 Å². The maximum Gasteiger partial charge on any atom is 0.158 e. The summed E-state index contributed by atoms with van der Waals surface area (Å²) in [6, 6.07) is 13.6. The van der Waals surface area contributed by atoms with Gasteiger partial charge in [0.25, 0.3) is 0 Å². The lowest BCUT2D eigenvalue weighted by Crippen LogP contribution is -2.15. The highest BCUT2D eigenvalue weighted by Crippen LogP contribution is 2.23. The third-order valence-electron chi connectivity index (χ3n) is 3.96. The van der Waals surface area contributed by atoms with Gasteiger partial charge in [0, 0.05) is 18.7 Å². The molecule has 8 nitrogen and oxygen atoms in total. The van der Waals surface area contributed by atoms with Crippen LogP contribution in [0.2, 0.25) is 0 Å². The van der Waals surface area contributed by atoms with Gasteiger partial charge in [0.1, 0.15) is 17.7 Å². The van der Waals surface area contributed by atoms with Crippen molar-refractivity contribution in [1.82, 2.24) is 15.0 Å². The molecule has 0 radical (unpaired) electrons. The largest absolute Gasteiger partial charge is 0.396 e. The van der Waals surface area contributed by atoms with E-state index in [-0.39, 0.29) is 11.7 Å². The molecule has 8 heteroatoms. The molecule has 3 rings (SSSR count). The zero-order valence-electron chi connectivity index (χ0n) is 14.6. The summed E-state index contributed by atoms with van der Waals surface area (Å²) >= 11 is 0. The van der Waals surface area contributed by atoms with Crippen LogP contribution in [0.4, 0.5) is 23.0 Å². The van der Waals surface area contributed by atoms with E-state index in [1.807, 2.05) is 36.4 Å². The van der Waals surface area contributed by atoms with Crippen LogP contribution in [0.1, 0.15) is 23.7 Å². The first kappa shape index (κ1) is 18.1. The van der Waals surface area contributed by atoms with Crippen LogP contribution in [-0.4, -0.2) is 21.5 Å². The van der Waals surface area contributed by atoms with Gasteiger partial charge < -0.3 is 22.1 Å². The smallest absolute Gasteiger partial charge is 0.158 e. The van der Waals surface area contributed by atoms with Crippen molar-refractivity contribution in [2.75, 3.05) is 22.9 Å². The Balaban J connectivity index is 1.60. The first-order valence-electron chi connectivity index (χ1n) is 8.45. The fourth-order valence-electron chi connectivity index (χ4n) is 2.50. The number of nitrogens with two attached hydrogens (primary N) is 2. The Bertz CT molecular complexity index is 919. The minimum Gasteiger partial charge on any atom is -0.396 e. The number of aromatic nitrogens is 3. The third kappa shape index (κ3) is 4.90. The number of nitrogens with zero attached hydrogens (tertiary/aromatic N) is 4. The molecule has 0 fully saturated rings. The molecule has 0 amide bonds. The van der Waals surface area contributed by atoms with Crippen LogP contribution in [0.3, 0.4) is 0 Å². The molecule has 0 bridgehead atoms. The van der Waals surface area contributed by atoms with Crippen LogP contribution in [0.15, 0.2) is 55.0 Å². The van der Waals surface area contributed by atoms with E-state index >= 15 is 0 Å². The van der Waals surface area contributed by atoms with Crippen molar-refractivity contribution in [2.24, 2.45) is 5.73 Å². The Hall–Kier alpha value is -3.70. The van der Waals surface area contributed by atoms with Gasteiger partial charge in [-0.15, -0.1) is 0 Å². The number of pyridine rings is 1. The average molecular weight is 360 g/mol. The Labute approximate surface area is 157 Å². The fourth-order valence-corrected chi connectivity index (χ4v) is 2.50. The van der Waals surface area contributed by atoms with Gasteiger partial charge in [-0.25, -0.2) is 15.0 Å². The average Bonchev–Trinajstić information content (AvgIpc) is 2.71. The number of nitrogens with one attached hydrogen (secondary N) is 2. The summed E-state index contributed by atoms with van der Waals surface area (Å²) < 4.78 is 0. The van der Waals surface area contributed by atoms with Crippen molar-refractivity contribution >= 4 is 23.0 Å². The van der Waals surface area contributed by atoms with E-state index in [4.69, 9.17) is 16.7 Å². The molecule has 2 heterocycles. The zero-order valence-corrected chi connectivity index (χ0v) is 14.6. The molecule has 1 aromatic carbocycles. The molecule has 0 saturated heterocycles. The van der Waals surface area contributed by atoms with Crippen molar-refractivity contribution in [3.8, 4) is 6.07 Å². The van der Waals surface area contributed by atoms with E-state index in [0.29, 0.717) is 23.9 Å². The molecule has 0 aliphatic heterocycles. The number of nitriles is 1. The van der Waals surface area contributed by atoms with Gasteiger partial charge in [0.05, 0.1) is 30.0 Å². The number of hydrogen-bond acceptors (Lipinski definition) is 8. The highest BCUT2D eigenvalue weighted by Gasteiger charge is 2.07. The Kier molecular flexibility index (Phi) is 5.77. The van der Waals surface area contributed by atoms with Gasteiger partial charge in [-0.3, -0.25) is 0 Å². The molecule has 0 saturated carbocycles. The van der Waals surface area contributed by atoms with Crippen LogP contribution >= 0.6 is 0 Å². The molecule has 6 N–H and O–H groups in total. The lowest BCUT2D eigenvalue weighted by molar-refractivity contribution is 0.675. The maximum atomic E-state index is 8.76. The summed E-state index contributed by atoms with van der Waals surface area (Å²) in [5, 5.41) is 15.1. The van der Waals surface area contributed by atoms with E-state index in [9.17, 15) is 0 Å². The molecule has 0 spiro atoms. The molecule has 27 heavy (non-hydrogen) atoms. The van der Waals surface area contributed by atoms with E-state index in [0.717, 1.165) is 17.7 Å². The summed E-state index contributed by atoms with van der Waals surface area (Å²) in [6.07, 6.45) is 5.20. The SMILES string of the molecule is N#Cc1cnc(Nc2cc(NCCC(N)c3ccccc3)c(N)cn2)cn1. The van der Waals surface area contributed by atoms with Gasteiger partial charge in [-0.2, -0.15) is 5.26 Å². The van der Waals surface area contributed by atoms with Gasteiger partial charge in [0.2, 0.25) is 0 Å². The first-order valence-corrected chi connectivity index (χ1v) is 8.45. The lowest BCUT2D eigenvalue weighted by Gasteiger charge is -2.15. The summed E-state index contributed by atoms with van der Waals surface area (Å²) in [5.74, 6) is 1.06. The molecule has 0 aliphatic carbocycles. The summed E-state index contributed by atoms with van der Waals surface area (Å²) in [5.41, 5.74) is 14.9. The molecule has 1 atom stereocenters. The third-order valence-corrected chi connectivity index (χ3v) is 3.96. The van der Waals surface area contributed by atoms with Crippen LogP contribution in [0.25, 0.3) is 0 Å². The number of benzene rings is 1. The quantitative estimate of drug-likeness (QED) is 0.504. The van der Waals surface area contributed by atoms with Gasteiger partial charge in [-0.1, -0.05) is 30.3 Å². The Morgan fingerprint density at radius 3 is 2.52 bits per heavy atom. The van der Waals surface area contributed by atoms with Gasteiger partial charge in [-0.05, 0) is 12.0 Å². The molecule has 3 aromatic rings. The fraction of sp³-hybridized carbons (Fsp3) is 0.158. The van der Waals surface area contributed by atoms with Crippen molar-refractivity contribution in [2.45, 2.75) is 12.5 Å². The van der Waals surface area contributed by atoms with E-state index in [2.05, 4.69) is 25.6 Å². The first-order chi connectivity index (χ1) is 13.2. The number of anilines is 4. The normalized spacial score (nSPS) is 11.4. The summed E-state index contributed by atoms with van der Waals surface area (Å²) in [7, 11) is 0. The summed E-state index contributed by atoms with van der Waals surface area (Å²) in [4.78, 5) is 12.3. The second-order valence-corrected chi connectivity index (χ2v) is 5.91. The van der Waals surface area contributed by atoms with Crippen LogP contribution in [0.5, 0.6) is 0 Å². The molecule has 136 valence electrons. The Morgan fingerprint density at radius 2 is 1.81 bits per heavy atom. The second-order valence-electron chi connectivity index (χ2n) is 5.91. The number of rotatable bonds is 7. The number of hydrogen-bond donors (Lipinski definition) is 4. The molecule has 2 aromatic heterocycles. The lowest BCUT2D eigenvalue weighted by atomic mass is 10.1. The zero-order chi connectivity index (χ0) is 19.1. The highest BCUT2D eigenvalue weighted by molar-refractivity contribution is 5.70. The monoisotopic (exact) mass is 360 g/mol. The van der Waals surface area contributed by atoms with Crippen molar-refractivity contribution in [3.05, 3.63) is 66.2 Å². The minimum absolute atomic E-state index is 0.0479. The standard InChI is InChI=1S/C19H20N8/c20-9-14-10-25-19(12-24-14)27-18-8-17(16(22)11-26-18)23-7-6-15(21)13-4-2-1-3-5-13/h1-5,8,10-12,15H,6-7,21-22H2,(H2,23,25,26,27). The van der Waals surface area contributed by atoms with Gasteiger partial charge in [0.15, 0.2) is 5.69 Å². The number of nitrogen functional groups attached to an aromatic ring is 1. The predicted octanol–water partition coefficient (Wildman–Crippen LogP) is 2.57. The maximum absolute atomic E-state index is 8.76. The van der Waals surface area contributed by atoms with E-state index in [1.165, 1.54) is 12.4 Å². The van der Waals surface area contributed by atoms with Crippen LogP contribution in [0, 0.1) is 11.3 Å².